The van der Waals surface area contributed by atoms with Gasteiger partial charge >= 0.3 is 16.3 Å². The standard InChI is InChI=1S/C23H18F3NO5S/c1-22(2,3)15-11-13-5-4-6-17-19(13)18(12-15)21(29)27(20(17)28)32-33(30,31)16-9-7-14(8-10-16)23(24,25)26/h4-12H,1-3H3. The van der Waals surface area contributed by atoms with E-state index in [1.165, 1.54) is 6.07 Å². The van der Waals surface area contributed by atoms with Crippen molar-refractivity contribution in [3.05, 3.63) is 76.9 Å². The summed E-state index contributed by atoms with van der Waals surface area (Å²) >= 11 is 0. The molecular formula is C23H18F3NO5S. The van der Waals surface area contributed by atoms with Gasteiger partial charge in [-0.25, -0.2) is 0 Å². The van der Waals surface area contributed by atoms with Gasteiger partial charge in [0, 0.05) is 5.39 Å². The zero-order chi connectivity index (χ0) is 24.3. The summed E-state index contributed by atoms with van der Waals surface area (Å²) in [5.41, 5.74) is -0.446. The van der Waals surface area contributed by atoms with E-state index in [1.54, 1.807) is 18.2 Å². The molecule has 0 spiro atoms. The van der Waals surface area contributed by atoms with E-state index in [-0.39, 0.29) is 21.6 Å². The molecule has 33 heavy (non-hydrogen) atoms. The lowest BCUT2D eigenvalue weighted by atomic mass is 9.83. The molecule has 0 atom stereocenters. The number of amides is 2. The van der Waals surface area contributed by atoms with Crippen molar-refractivity contribution in [3.8, 4) is 0 Å². The Morgan fingerprint density at radius 2 is 1.42 bits per heavy atom. The quantitative estimate of drug-likeness (QED) is 0.492. The second-order valence-electron chi connectivity index (χ2n) is 8.63. The van der Waals surface area contributed by atoms with E-state index in [0.29, 0.717) is 35.0 Å². The molecule has 0 saturated heterocycles. The zero-order valence-corrected chi connectivity index (χ0v) is 18.5. The molecule has 3 aromatic rings. The van der Waals surface area contributed by atoms with Crippen molar-refractivity contribution in [3.63, 3.8) is 0 Å². The van der Waals surface area contributed by atoms with Crippen molar-refractivity contribution in [2.24, 2.45) is 0 Å². The highest BCUT2D eigenvalue weighted by molar-refractivity contribution is 7.86. The second-order valence-corrected chi connectivity index (χ2v) is 10.2. The number of nitrogens with zero attached hydrogens (tertiary/aromatic N) is 1. The number of carbonyl (C=O) groups is 2. The van der Waals surface area contributed by atoms with Gasteiger partial charge in [-0.15, -0.1) is 9.35 Å². The van der Waals surface area contributed by atoms with Crippen LogP contribution in [0.2, 0.25) is 0 Å². The van der Waals surface area contributed by atoms with E-state index in [1.807, 2.05) is 26.8 Å². The van der Waals surface area contributed by atoms with Crippen molar-refractivity contribution in [2.75, 3.05) is 0 Å². The Morgan fingerprint density at radius 1 is 0.818 bits per heavy atom. The van der Waals surface area contributed by atoms with Crippen LogP contribution in [0.5, 0.6) is 0 Å². The molecule has 6 nitrogen and oxygen atoms in total. The Morgan fingerprint density at radius 3 is 2.00 bits per heavy atom. The summed E-state index contributed by atoms with van der Waals surface area (Å²) in [5, 5.41) is 1.16. The Balaban J connectivity index is 1.77. The molecule has 2 amide bonds. The lowest BCUT2D eigenvalue weighted by Gasteiger charge is -2.28. The van der Waals surface area contributed by atoms with Gasteiger partial charge in [0.15, 0.2) is 0 Å². The monoisotopic (exact) mass is 477 g/mol. The number of carbonyl (C=O) groups excluding carboxylic acids is 2. The maximum absolute atomic E-state index is 13.2. The molecule has 0 aliphatic carbocycles. The fourth-order valence-electron chi connectivity index (χ4n) is 3.54. The van der Waals surface area contributed by atoms with Gasteiger partial charge in [-0.1, -0.05) is 39.0 Å². The normalized spacial score (nSPS) is 14.8. The Kier molecular flexibility index (Phi) is 5.14. The molecule has 0 radical (unpaired) electrons. The fraction of sp³-hybridized carbons (Fsp3) is 0.217. The molecule has 4 rings (SSSR count). The molecule has 1 heterocycles. The third-order valence-electron chi connectivity index (χ3n) is 5.32. The van der Waals surface area contributed by atoms with Gasteiger partial charge in [0.05, 0.1) is 21.6 Å². The van der Waals surface area contributed by atoms with E-state index in [2.05, 4.69) is 0 Å². The minimum atomic E-state index is -4.78. The zero-order valence-electron chi connectivity index (χ0n) is 17.7. The fourth-order valence-corrected chi connectivity index (χ4v) is 4.43. The number of alkyl halides is 3. The van der Waals surface area contributed by atoms with Crippen LogP contribution in [0.15, 0.2) is 59.5 Å². The van der Waals surface area contributed by atoms with Crippen LogP contribution in [0, 0.1) is 0 Å². The molecule has 172 valence electrons. The van der Waals surface area contributed by atoms with Crippen LogP contribution in [0.1, 0.15) is 52.6 Å². The smallest absolute Gasteiger partial charge is 0.266 e. The van der Waals surface area contributed by atoms with Gasteiger partial charge in [-0.05, 0) is 52.8 Å². The molecule has 0 fully saturated rings. The number of hydrogen-bond acceptors (Lipinski definition) is 5. The highest BCUT2D eigenvalue weighted by Gasteiger charge is 2.39. The van der Waals surface area contributed by atoms with Crippen LogP contribution in [0.4, 0.5) is 13.2 Å². The summed E-state index contributed by atoms with van der Waals surface area (Å²) in [6.45, 7) is 5.81. The van der Waals surface area contributed by atoms with Crippen molar-refractivity contribution < 1.29 is 35.5 Å². The first-order chi connectivity index (χ1) is 15.2. The molecule has 0 unspecified atom stereocenters. The predicted molar refractivity (Wildman–Crippen MR) is 113 cm³/mol. The molecule has 0 aromatic heterocycles. The molecule has 0 saturated carbocycles. The maximum atomic E-state index is 13.2. The third-order valence-corrected chi connectivity index (χ3v) is 6.51. The van der Waals surface area contributed by atoms with E-state index in [0.717, 1.165) is 5.56 Å². The SMILES string of the molecule is CC(C)(C)c1cc2c3c(cccc3c1)C(=O)N(OS(=O)(=O)c1ccc(C(F)(F)F)cc1)C2=O. The number of benzene rings is 3. The molecule has 0 bridgehead atoms. The minimum Gasteiger partial charge on any atom is -0.266 e. The van der Waals surface area contributed by atoms with Gasteiger partial charge in [0.1, 0.15) is 0 Å². The van der Waals surface area contributed by atoms with E-state index in [9.17, 15) is 31.2 Å². The first-order valence-electron chi connectivity index (χ1n) is 9.78. The summed E-state index contributed by atoms with van der Waals surface area (Å²) < 4.78 is 68.6. The first-order valence-corrected chi connectivity index (χ1v) is 11.2. The summed E-state index contributed by atoms with van der Waals surface area (Å²) in [5.74, 6) is -1.97. The molecule has 10 heteroatoms. The van der Waals surface area contributed by atoms with E-state index >= 15 is 0 Å². The van der Waals surface area contributed by atoms with Crippen LogP contribution in [0.3, 0.4) is 0 Å². The van der Waals surface area contributed by atoms with Gasteiger partial charge in [-0.3, -0.25) is 9.59 Å². The average molecular weight is 477 g/mol. The summed E-state index contributed by atoms with van der Waals surface area (Å²) in [4.78, 5) is 25.5. The highest BCUT2D eigenvalue weighted by atomic mass is 32.2. The minimum absolute atomic E-state index is 0.0742. The van der Waals surface area contributed by atoms with Crippen LogP contribution in [-0.4, -0.2) is 25.3 Å². The summed E-state index contributed by atoms with van der Waals surface area (Å²) in [6.07, 6.45) is -4.66. The van der Waals surface area contributed by atoms with Crippen LogP contribution < -0.4 is 0 Å². The van der Waals surface area contributed by atoms with Gasteiger partial charge in [-0.2, -0.15) is 21.6 Å². The van der Waals surface area contributed by atoms with Crippen molar-refractivity contribution >= 4 is 32.7 Å². The first kappa shape index (κ1) is 22.9. The lowest BCUT2D eigenvalue weighted by molar-refractivity contribution is -0.137. The Hall–Kier alpha value is -3.24. The molecule has 1 aliphatic heterocycles. The third kappa shape index (κ3) is 4.00. The van der Waals surface area contributed by atoms with Gasteiger partial charge in [0.2, 0.25) is 0 Å². The average Bonchev–Trinajstić information content (AvgIpc) is 2.73. The highest BCUT2D eigenvalue weighted by Crippen LogP contribution is 2.36. The van der Waals surface area contributed by atoms with Crippen molar-refractivity contribution in [2.45, 2.75) is 37.3 Å². The molecule has 1 aliphatic rings. The van der Waals surface area contributed by atoms with Crippen LogP contribution in [0.25, 0.3) is 10.8 Å². The number of imide groups is 1. The predicted octanol–water partition coefficient (Wildman–Crippen LogP) is 5.07. The topological polar surface area (TPSA) is 80.8 Å². The second kappa shape index (κ2) is 7.39. The van der Waals surface area contributed by atoms with Crippen molar-refractivity contribution in [1.29, 1.82) is 0 Å². The van der Waals surface area contributed by atoms with E-state index in [4.69, 9.17) is 4.28 Å². The number of hydroxylamine groups is 2. The lowest BCUT2D eigenvalue weighted by Crippen LogP contribution is -2.42. The summed E-state index contributed by atoms with van der Waals surface area (Å²) in [6, 6.07) is 10.8. The molecule has 0 N–H and O–H groups in total. The van der Waals surface area contributed by atoms with E-state index < -0.39 is 38.6 Å². The van der Waals surface area contributed by atoms with Crippen LogP contribution >= 0.6 is 0 Å². The maximum Gasteiger partial charge on any atom is 0.416 e. The molecular weight excluding hydrogens is 459 g/mol. The van der Waals surface area contributed by atoms with Gasteiger partial charge in [0.25, 0.3) is 11.8 Å². The van der Waals surface area contributed by atoms with Gasteiger partial charge < -0.3 is 0 Å². The summed E-state index contributed by atoms with van der Waals surface area (Å²) in [7, 11) is -4.78. The number of hydrogen-bond donors (Lipinski definition) is 0. The number of rotatable bonds is 3. The molecule has 3 aromatic carbocycles. The Bertz CT molecular complexity index is 1410. The number of halogens is 3. The van der Waals surface area contributed by atoms with Crippen LogP contribution in [-0.2, 0) is 26.0 Å². The van der Waals surface area contributed by atoms with Crippen molar-refractivity contribution in [1.82, 2.24) is 5.06 Å². The largest absolute Gasteiger partial charge is 0.416 e. The Labute approximate surface area is 187 Å².